The summed E-state index contributed by atoms with van der Waals surface area (Å²) < 4.78 is 11.1. The number of pyridine rings is 1. The van der Waals surface area contributed by atoms with E-state index < -0.39 is 12.0 Å². The van der Waals surface area contributed by atoms with Crippen LogP contribution in [0.2, 0.25) is 0 Å². The van der Waals surface area contributed by atoms with Crippen molar-refractivity contribution in [3.05, 3.63) is 46.6 Å². The molecular weight excluding hydrogens is 458 g/mol. The van der Waals surface area contributed by atoms with Gasteiger partial charge < -0.3 is 14.4 Å². The Morgan fingerprint density at radius 3 is 2.69 bits per heavy atom. The molecule has 0 saturated carbocycles. The second-order valence-corrected chi connectivity index (χ2v) is 10.5. The van der Waals surface area contributed by atoms with Crippen molar-refractivity contribution < 1.29 is 19.2 Å². The van der Waals surface area contributed by atoms with Crippen molar-refractivity contribution in [1.29, 1.82) is 5.26 Å². The van der Waals surface area contributed by atoms with E-state index in [4.69, 9.17) is 9.26 Å². The van der Waals surface area contributed by atoms with E-state index in [1.165, 1.54) is 5.56 Å². The van der Waals surface area contributed by atoms with Gasteiger partial charge in [0.15, 0.2) is 0 Å². The molecule has 1 N–H and O–H groups in total. The zero-order valence-electron chi connectivity index (χ0n) is 21.5. The summed E-state index contributed by atoms with van der Waals surface area (Å²) in [6.07, 6.45) is 2.19. The van der Waals surface area contributed by atoms with Gasteiger partial charge in [-0.2, -0.15) is 10.2 Å². The van der Waals surface area contributed by atoms with Crippen molar-refractivity contribution in [2.24, 2.45) is 5.41 Å². The molecule has 1 aromatic carbocycles. The Kier molecular flexibility index (Phi) is 6.83. The van der Waals surface area contributed by atoms with Crippen LogP contribution in [0.1, 0.15) is 56.9 Å². The summed E-state index contributed by atoms with van der Waals surface area (Å²) in [5, 5.41) is 23.5. The number of ether oxygens (including phenoxy) is 1. The minimum atomic E-state index is -0.795. The first-order valence-corrected chi connectivity index (χ1v) is 12.0. The lowest BCUT2D eigenvalue weighted by atomic mass is 9.83. The van der Waals surface area contributed by atoms with E-state index in [-0.39, 0.29) is 23.3 Å². The van der Waals surface area contributed by atoms with Crippen LogP contribution >= 0.6 is 0 Å². The number of nitriles is 1. The van der Waals surface area contributed by atoms with Crippen molar-refractivity contribution >= 4 is 5.97 Å². The number of aliphatic carboxylic acids is 1. The topological polar surface area (TPSA) is 125 Å². The summed E-state index contributed by atoms with van der Waals surface area (Å²) in [6.45, 7) is 12.9. The van der Waals surface area contributed by atoms with E-state index in [1.54, 1.807) is 12.3 Å². The summed E-state index contributed by atoms with van der Waals surface area (Å²) in [4.78, 5) is 22.9. The van der Waals surface area contributed by atoms with Gasteiger partial charge in [0.25, 0.3) is 5.89 Å². The maximum atomic E-state index is 12.0. The average Bonchev–Trinajstić information content (AvgIpc) is 3.28. The van der Waals surface area contributed by atoms with Crippen LogP contribution in [0.3, 0.4) is 0 Å². The monoisotopic (exact) mass is 489 g/mol. The van der Waals surface area contributed by atoms with Crippen LogP contribution in [0.25, 0.3) is 22.8 Å². The van der Waals surface area contributed by atoms with Crippen LogP contribution in [0.4, 0.5) is 0 Å². The van der Waals surface area contributed by atoms with Gasteiger partial charge in [0.1, 0.15) is 17.7 Å². The number of aromatic nitrogens is 3. The highest BCUT2D eigenvalue weighted by atomic mass is 16.5. The van der Waals surface area contributed by atoms with Crippen LogP contribution in [0.5, 0.6) is 5.88 Å². The highest BCUT2D eigenvalue weighted by Gasteiger charge is 2.38. The molecule has 0 amide bonds. The quantitative estimate of drug-likeness (QED) is 0.528. The lowest BCUT2D eigenvalue weighted by Crippen LogP contribution is -2.51. The molecule has 0 saturated heterocycles. The van der Waals surface area contributed by atoms with Crippen LogP contribution in [-0.2, 0) is 17.8 Å². The SMILES string of the molecule is Cc1c(-c2noc(-c3cnc(OC(C)C)c(C#N)c3)n2)ccc2c1CCN(C(C(=O)O)C(C)(C)C)C2. The average molecular weight is 490 g/mol. The summed E-state index contributed by atoms with van der Waals surface area (Å²) in [5.74, 6) is 0.193. The first kappa shape index (κ1) is 25.3. The second-order valence-electron chi connectivity index (χ2n) is 10.5. The summed E-state index contributed by atoms with van der Waals surface area (Å²) in [7, 11) is 0. The fraction of sp³-hybridized carbons (Fsp3) is 0.444. The predicted molar refractivity (Wildman–Crippen MR) is 133 cm³/mol. The number of carboxylic acids is 1. The summed E-state index contributed by atoms with van der Waals surface area (Å²) >= 11 is 0. The highest BCUT2D eigenvalue weighted by Crippen LogP contribution is 2.34. The summed E-state index contributed by atoms with van der Waals surface area (Å²) in [6, 6.07) is 7.15. The zero-order chi connectivity index (χ0) is 26.2. The number of carboxylic acid groups (broad SMARTS) is 1. The van der Waals surface area contributed by atoms with E-state index in [2.05, 4.69) is 21.2 Å². The molecule has 0 bridgehead atoms. The van der Waals surface area contributed by atoms with E-state index in [9.17, 15) is 15.2 Å². The highest BCUT2D eigenvalue weighted by molar-refractivity contribution is 5.74. The van der Waals surface area contributed by atoms with Crippen LogP contribution in [0, 0.1) is 23.7 Å². The third-order valence-corrected chi connectivity index (χ3v) is 6.37. The van der Waals surface area contributed by atoms with E-state index >= 15 is 0 Å². The van der Waals surface area contributed by atoms with Gasteiger partial charge >= 0.3 is 5.97 Å². The molecule has 1 aliphatic rings. The van der Waals surface area contributed by atoms with Crippen LogP contribution in [0.15, 0.2) is 28.9 Å². The molecule has 188 valence electrons. The lowest BCUT2D eigenvalue weighted by Gasteiger charge is -2.40. The maximum Gasteiger partial charge on any atom is 0.321 e. The third-order valence-electron chi connectivity index (χ3n) is 6.37. The standard InChI is InChI=1S/C27H31N5O4/c1-15(2)35-24-18(12-28)11-19(13-29-24)25-30-23(31-36-25)21-8-7-17-14-32(10-9-20(17)16(21)3)22(26(33)34)27(4,5)6/h7-8,11,13,15,22H,9-10,14H2,1-6H3,(H,33,34). The smallest absolute Gasteiger partial charge is 0.321 e. The molecule has 4 rings (SSSR count). The van der Waals surface area contributed by atoms with Gasteiger partial charge in [-0.3, -0.25) is 9.69 Å². The van der Waals surface area contributed by atoms with Crippen molar-refractivity contribution in [3.8, 4) is 34.8 Å². The van der Waals surface area contributed by atoms with Crippen molar-refractivity contribution in [2.75, 3.05) is 6.54 Å². The van der Waals surface area contributed by atoms with Crippen molar-refractivity contribution in [3.63, 3.8) is 0 Å². The normalized spacial score (nSPS) is 14.8. The molecule has 3 heterocycles. The van der Waals surface area contributed by atoms with E-state index in [1.807, 2.05) is 58.6 Å². The molecule has 0 spiro atoms. The largest absolute Gasteiger partial charge is 0.480 e. The van der Waals surface area contributed by atoms with Gasteiger partial charge in [0.2, 0.25) is 11.7 Å². The summed E-state index contributed by atoms with van der Waals surface area (Å²) in [5.41, 5.74) is 4.68. The molecule has 2 aromatic heterocycles. The number of nitrogens with zero attached hydrogens (tertiary/aromatic N) is 5. The Balaban J connectivity index is 1.61. The molecule has 0 radical (unpaired) electrons. The molecule has 3 aromatic rings. The number of fused-ring (bicyclic) bond motifs is 1. The van der Waals surface area contributed by atoms with Gasteiger partial charge in [0.05, 0.1) is 11.7 Å². The Morgan fingerprint density at radius 2 is 2.06 bits per heavy atom. The molecule has 1 aliphatic heterocycles. The molecule has 0 aliphatic carbocycles. The van der Waals surface area contributed by atoms with Gasteiger partial charge in [-0.25, -0.2) is 4.98 Å². The van der Waals surface area contributed by atoms with Gasteiger partial charge in [-0.05, 0) is 55.4 Å². The van der Waals surface area contributed by atoms with Gasteiger partial charge in [-0.1, -0.05) is 38.1 Å². The second kappa shape index (κ2) is 9.70. The number of carbonyl (C=O) groups is 1. The third kappa shape index (κ3) is 4.95. The Hall–Kier alpha value is -3.77. The molecular formula is C27H31N5O4. The van der Waals surface area contributed by atoms with Crippen LogP contribution in [-0.4, -0.2) is 49.8 Å². The minimum Gasteiger partial charge on any atom is -0.480 e. The first-order chi connectivity index (χ1) is 17.0. The molecule has 1 unspecified atom stereocenters. The van der Waals surface area contributed by atoms with Gasteiger partial charge in [-0.15, -0.1) is 0 Å². The Morgan fingerprint density at radius 1 is 1.31 bits per heavy atom. The zero-order valence-corrected chi connectivity index (χ0v) is 21.5. The molecule has 9 heteroatoms. The molecule has 0 fully saturated rings. The Labute approximate surface area is 210 Å². The van der Waals surface area contributed by atoms with Crippen molar-refractivity contribution in [2.45, 2.75) is 66.7 Å². The molecule has 9 nitrogen and oxygen atoms in total. The maximum absolute atomic E-state index is 12.0. The minimum absolute atomic E-state index is 0.104. The lowest BCUT2D eigenvalue weighted by molar-refractivity contribution is -0.148. The number of benzene rings is 1. The number of hydrogen-bond acceptors (Lipinski definition) is 8. The fourth-order valence-electron chi connectivity index (χ4n) is 4.82. The number of rotatable bonds is 6. The van der Waals surface area contributed by atoms with E-state index in [0.29, 0.717) is 30.0 Å². The number of hydrogen-bond donors (Lipinski definition) is 1. The fourth-order valence-corrected chi connectivity index (χ4v) is 4.82. The predicted octanol–water partition coefficient (Wildman–Crippen LogP) is 4.62. The van der Waals surface area contributed by atoms with E-state index in [0.717, 1.165) is 23.1 Å². The van der Waals surface area contributed by atoms with Crippen LogP contribution < -0.4 is 4.74 Å². The molecule has 36 heavy (non-hydrogen) atoms. The molecule has 1 atom stereocenters. The Bertz CT molecular complexity index is 1330. The first-order valence-electron chi connectivity index (χ1n) is 12.0. The van der Waals surface area contributed by atoms with Crippen molar-refractivity contribution in [1.82, 2.24) is 20.0 Å². The van der Waals surface area contributed by atoms with Gasteiger partial charge in [0, 0.05) is 24.8 Å².